The van der Waals surface area contributed by atoms with Gasteiger partial charge in [0, 0.05) is 4.90 Å². The number of esters is 1. The highest BCUT2D eigenvalue weighted by Gasteiger charge is 2.29. The molecule has 0 unspecified atom stereocenters. The molecule has 2 aromatic rings. The van der Waals surface area contributed by atoms with E-state index in [1.54, 1.807) is 0 Å². The van der Waals surface area contributed by atoms with Crippen molar-refractivity contribution in [3.63, 3.8) is 0 Å². The lowest BCUT2D eigenvalue weighted by molar-refractivity contribution is -0.145. The lowest BCUT2D eigenvalue weighted by atomic mass is 10.1. The number of nitrogens with one attached hydrogen (secondary N) is 1. The number of thioether (sulfide) groups is 1. The summed E-state index contributed by atoms with van der Waals surface area (Å²) in [6.45, 7) is 4.40. The summed E-state index contributed by atoms with van der Waals surface area (Å²) in [5.74, 6) is 0.221. The number of ether oxygens (including phenoxy) is 2. The van der Waals surface area contributed by atoms with Crippen LogP contribution in [0.5, 0.6) is 5.75 Å². The Morgan fingerprint density at radius 3 is 2.81 bits per heavy atom. The minimum atomic E-state index is -0.475. The molecule has 0 fully saturated rings. The molecule has 1 N–H and O–H groups in total. The Hall–Kier alpha value is -2.47. The molecular weight excluding hydrogens is 350 g/mol. The Balaban J connectivity index is 1.44. The van der Waals surface area contributed by atoms with Crippen LogP contribution < -0.4 is 10.1 Å². The molecule has 2 aromatic carbocycles. The number of aryl methyl sites for hydroxylation is 2. The standard InChI is InChI=1S/C20H21NO4S/c1-13-7-8-14(2)16(11-13)24-9-10-25-19(22)12-18-20(23)21-15-5-3-4-6-17(15)26-18/h3-8,11,18H,9-10,12H2,1-2H3,(H,21,23)/t18-/m0/s1. The van der Waals surface area contributed by atoms with Crippen LogP contribution in [0.2, 0.25) is 0 Å². The molecule has 0 aliphatic carbocycles. The van der Waals surface area contributed by atoms with Gasteiger partial charge in [-0.3, -0.25) is 9.59 Å². The van der Waals surface area contributed by atoms with Crippen LogP contribution in [0.3, 0.4) is 0 Å². The number of amides is 1. The van der Waals surface area contributed by atoms with Gasteiger partial charge in [-0.1, -0.05) is 24.3 Å². The molecule has 6 heteroatoms. The summed E-state index contributed by atoms with van der Waals surface area (Å²) >= 11 is 1.39. The zero-order valence-electron chi connectivity index (χ0n) is 14.8. The van der Waals surface area contributed by atoms with Crippen molar-refractivity contribution in [2.45, 2.75) is 30.4 Å². The highest BCUT2D eigenvalue weighted by Crippen LogP contribution is 2.36. The lowest BCUT2D eigenvalue weighted by Crippen LogP contribution is -2.31. The molecule has 0 aromatic heterocycles. The van der Waals surface area contributed by atoms with Gasteiger partial charge in [0.1, 0.15) is 19.0 Å². The van der Waals surface area contributed by atoms with Gasteiger partial charge in [-0.15, -0.1) is 11.8 Å². The van der Waals surface area contributed by atoms with E-state index in [0.29, 0.717) is 0 Å². The fraction of sp³-hybridized carbons (Fsp3) is 0.300. The summed E-state index contributed by atoms with van der Waals surface area (Å²) in [5.41, 5.74) is 2.94. The van der Waals surface area contributed by atoms with Gasteiger partial charge in [0.05, 0.1) is 17.4 Å². The van der Waals surface area contributed by atoms with Crippen molar-refractivity contribution in [1.82, 2.24) is 0 Å². The van der Waals surface area contributed by atoms with Gasteiger partial charge >= 0.3 is 5.97 Å². The lowest BCUT2D eigenvalue weighted by Gasteiger charge is -2.23. The van der Waals surface area contributed by atoms with Crippen LogP contribution in [0, 0.1) is 13.8 Å². The number of hydrogen-bond donors (Lipinski definition) is 1. The highest BCUT2D eigenvalue weighted by molar-refractivity contribution is 8.01. The average molecular weight is 371 g/mol. The Morgan fingerprint density at radius 1 is 1.15 bits per heavy atom. The average Bonchev–Trinajstić information content (AvgIpc) is 2.62. The zero-order valence-corrected chi connectivity index (χ0v) is 15.6. The number of carbonyl (C=O) groups is 2. The van der Waals surface area contributed by atoms with E-state index in [9.17, 15) is 9.59 Å². The van der Waals surface area contributed by atoms with E-state index >= 15 is 0 Å². The van der Waals surface area contributed by atoms with Crippen molar-refractivity contribution in [2.75, 3.05) is 18.5 Å². The van der Waals surface area contributed by atoms with Crippen LogP contribution in [0.15, 0.2) is 47.4 Å². The number of hydrogen-bond acceptors (Lipinski definition) is 5. The largest absolute Gasteiger partial charge is 0.490 e. The van der Waals surface area contributed by atoms with E-state index in [4.69, 9.17) is 9.47 Å². The first-order valence-electron chi connectivity index (χ1n) is 8.45. The number of rotatable bonds is 6. The maximum Gasteiger partial charge on any atom is 0.307 e. The van der Waals surface area contributed by atoms with Gasteiger partial charge in [0.25, 0.3) is 0 Å². The van der Waals surface area contributed by atoms with Gasteiger partial charge in [-0.05, 0) is 43.2 Å². The molecule has 1 heterocycles. The van der Waals surface area contributed by atoms with E-state index in [1.807, 2.05) is 56.3 Å². The molecular formula is C20H21NO4S. The molecule has 1 aliphatic rings. The molecule has 1 atom stereocenters. The zero-order chi connectivity index (χ0) is 18.5. The molecule has 0 bridgehead atoms. The molecule has 5 nitrogen and oxygen atoms in total. The van der Waals surface area contributed by atoms with Gasteiger partial charge in [0.15, 0.2) is 0 Å². The second-order valence-corrected chi connectivity index (χ2v) is 7.38. The fourth-order valence-corrected chi connectivity index (χ4v) is 3.70. The third-order valence-electron chi connectivity index (χ3n) is 4.01. The Bertz CT molecular complexity index is 821. The summed E-state index contributed by atoms with van der Waals surface area (Å²) in [4.78, 5) is 25.1. The van der Waals surface area contributed by atoms with E-state index < -0.39 is 11.2 Å². The topological polar surface area (TPSA) is 64.6 Å². The second-order valence-electron chi connectivity index (χ2n) is 6.13. The van der Waals surface area contributed by atoms with E-state index in [2.05, 4.69) is 5.32 Å². The maximum absolute atomic E-state index is 12.1. The minimum Gasteiger partial charge on any atom is -0.490 e. The van der Waals surface area contributed by atoms with Crippen molar-refractivity contribution >= 4 is 29.3 Å². The first-order chi connectivity index (χ1) is 12.5. The van der Waals surface area contributed by atoms with Crippen molar-refractivity contribution < 1.29 is 19.1 Å². The van der Waals surface area contributed by atoms with Gasteiger partial charge in [-0.2, -0.15) is 0 Å². The van der Waals surface area contributed by atoms with Crippen molar-refractivity contribution in [1.29, 1.82) is 0 Å². The summed E-state index contributed by atoms with van der Waals surface area (Å²) in [7, 11) is 0. The molecule has 26 heavy (non-hydrogen) atoms. The van der Waals surface area contributed by atoms with Crippen molar-refractivity contribution in [2.24, 2.45) is 0 Å². The SMILES string of the molecule is Cc1ccc(C)c(OCCOC(=O)C[C@@H]2Sc3ccccc3NC2=O)c1. The summed E-state index contributed by atoms with van der Waals surface area (Å²) in [6, 6.07) is 13.5. The predicted molar refractivity (Wildman–Crippen MR) is 102 cm³/mol. The minimum absolute atomic E-state index is 0.0360. The molecule has 136 valence electrons. The highest BCUT2D eigenvalue weighted by atomic mass is 32.2. The molecule has 0 radical (unpaired) electrons. The summed E-state index contributed by atoms with van der Waals surface area (Å²) in [5, 5.41) is 2.35. The van der Waals surface area contributed by atoms with Crippen LogP contribution in [0.25, 0.3) is 0 Å². The number of benzene rings is 2. The van der Waals surface area contributed by atoms with Crippen LogP contribution >= 0.6 is 11.8 Å². The van der Waals surface area contributed by atoms with Gasteiger partial charge in [-0.25, -0.2) is 0 Å². The molecule has 1 amide bonds. The molecule has 0 saturated carbocycles. The Morgan fingerprint density at radius 2 is 1.96 bits per heavy atom. The Labute approximate surface area is 157 Å². The van der Waals surface area contributed by atoms with E-state index in [0.717, 1.165) is 27.5 Å². The normalized spacial score (nSPS) is 15.8. The molecule has 3 rings (SSSR count). The first-order valence-corrected chi connectivity index (χ1v) is 9.33. The number of anilines is 1. The Kier molecular flexibility index (Phi) is 5.83. The van der Waals surface area contributed by atoms with Crippen LogP contribution in [0.4, 0.5) is 5.69 Å². The molecule has 0 spiro atoms. The number of para-hydroxylation sites is 1. The summed E-state index contributed by atoms with van der Waals surface area (Å²) in [6.07, 6.45) is 0.0360. The predicted octanol–water partition coefficient (Wildman–Crippen LogP) is 3.73. The summed E-state index contributed by atoms with van der Waals surface area (Å²) < 4.78 is 10.9. The second kappa shape index (κ2) is 8.27. The third kappa shape index (κ3) is 4.58. The molecule has 1 aliphatic heterocycles. The van der Waals surface area contributed by atoms with E-state index in [-0.39, 0.29) is 25.5 Å². The third-order valence-corrected chi connectivity index (χ3v) is 5.28. The number of carbonyl (C=O) groups excluding carboxylic acids is 2. The fourth-order valence-electron chi connectivity index (χ4n) is 2.61. The van der Waals surface area contributed by atoms with Crippen LogP contribution in [0.1, 0.15) is 17.5 Å². The molecule has 0 saturated heterocycles. The van der Waals surface area contributed by atoms with Crippen molar-refractivity contribution in [3.05, 3.63) is 53.6 Å². The van der Waals surface area contributed by atoms with Crippen molar-refractivity contribution in [3.8, 4) is 5.75 Å². The van der Waals surface area contributed by atoms with Crippen LogP contribution in [-0.4, -0.2) is 30.3 Å². The monoisotopic (exact) mass is 371 g/mol. The van der Waals surface area contributed by atoms with Gasteiger partial charge in [0.2, 0.25) is 5.91 Å². The first kappa shape index (κ1) is 18.3. The maximum atomic E-state index is 12.1. The number of fused-ring (bicyclic) bond motifs is 1. The van der Waals surface area contributed by atoms with E-state index in [1.165, 1.54) is 11.8 Å². The quantitative estimate of drug-likeness (QED) is 0.619. The van der Waals surface area contributed by atoms with Crippen LogP contribution in [-0.2, 0) is 14.3 Å². The smallest absolute Gasteiger partial charge is 0.307 e. The van der Waals surface area contributed by atoms with Gasteiger partial charge < -0.3 is 14.8 Å².